The second kappa shape index (κ2) is 4.43. The lowest BCUT2D eigenvalue weighted by Gasteiger charge is -2.18. The number of amides is 1. The van der Waals surface area contributed by atoms with Gasteiger partial charge in [0.25, 0.3) is 0 Å². The number of pyridine rings is 1. The van der Waals surface area contributed by atoms with Crippen LogP contribution in [0.1, 0.15) is 6.42 Å². The minimum absolute atomic E-state index is 0.0716. The van der Waals surface area contributed by atoms with Crippen molar-refractivity contribution in [3.8, 4) is 0 Å². The van der Waals surface area contributed by atoms with E-state index < -0.39 is 0 Å². The Labute approximate surface area is 99.3 Å². The van der Waals surface area contributed by atoms with Crippen molar-refractivity contribution in [2.24, 2.45) is 5.92 Å². The molecular formula is C12H14N2O3. The zero-order chi connectivity index (χ0) is 11.7. The SMILES string of the molecule is O=C1C(C2COCO2)CCN1c1cccnc1. The number of aromatic nitrogens is 1. The van der Waals surface area contributed by atoms with Crippen LogP contribution in [0.5, 0.6) is 0 Å². The molecule has 17 heavy (non-hydrogen) atoms. The molecule has 5 heteroatoms. The summed E-state index contributed by atoms with van der Waals surface area (Å²) in [4.78, 5) is 18.1. The van der Waals surface area contributed by atoms with E-state index in [0.717, 1.165) is 18.7 Å². The Kier molecular flexibility index (Phi) is 2.78. The third kappa shape index (κ3) is 1.92. The highest BCUT2D eigenvalue weighted by atomic mass is 16.7. The largest absolute Gasteiger partial charge is 0.353 e. The summed E-state index contributed by atoms with van der Waals surface area (Å²) in [6.07, 6.45) is 4.16. The summed E-state index contributed by atoms with van der Waals surface area (Å²) in [5.74, 6) is 0.0474. The van der Waals surface area contributed by atoms with Gasteiger partial charge in [-0.1, -0.05) is 0 Å². The summed E-state index contributed by atoms with van der Waals surface area (Å²) in [5, 5.41) is 0. The van der Waals surface area contributed by atoms with E-state index in [9.17, 15) is 4.79 Å². The number of hydrogen-bond acceptors (Lipinski definition) is 4. The quantitative estimate of drug-likeness (QED) is 0.759. The van der Waals surface area contributed by atoms with Gasteiger partial charge < -0.3 is 14.4 Å². The van der Waals surface area contributed by atoms with E-state index in [1.165, 1.54) is 0 Å². The fraction of sp³-hybridized carbons (Fsp3) is 0.500. The molecule has 0 spiro atoms. The smallest absolute Gasteiger partial charge is 0.232 e. The lowest BCUT2D eigenvalue weighted by molar-refractivity contribution is -0.123. The van der Waals surface area contributed by atoms with Gasteiger partial charge in [0, 0.05) is 12.7 Å². The second-order valence-corrected chi connectivity index (χ2v) is 4.29. The summed E-state index contributed by atoms with van der Waals surface area (Å²) in [6.45, 7) is 1.56. The van der Waals surface area contributed by atoms with E-state index in [0.29, 0.717) is 13.4 Å². The number of nitrogens with zero attached hydrogens (tertiary/aromatic N) is 2. The van der Waals surface area contributed by atoms with Crippen LogP contribution in [0.25, 0.3) is 0 Å². The van der Waals surface area contributed by atoms with Crippen LogP contribution in [0.2, 0.25) is 0 Å². The van der Waals surface area contributed by atoms with Gasteiger partial charge in [0.15, 0.2) is 0 Å². The van der Waals surface area contributed by atoms with Gasteiger partial charge in [-0.25, -0.2) is 0 Å². The van der Waals surface area contributed by atoms with E-state index >= 15 is 0 Å². The molecule has 0 aliphatic carbocycles. The van der Waals surface area contributed by atoms with Crippen LogP contribution in [0.3, 0.4) is 0 Å². The average Bonchev–Trinajstić information content (AvgIpc) is 2.99. The van der Waals surface area contributed by atoms with Crippen molar-refractivity contribution in [3.63, 3.8) is 0 Å². The molecule has 3 rings (SSSR count). The third-order valence-corrected chi connectivity index (χ3v) is 3.30. The molecule has 3 heterocycles. The topological polar surface area (TPSA) is 51.7 Å². The first-order valence-electron chi connectivity index (χ1n) is 5.77. The Balaban J connectivity index is 1.76. The zero-order valence-electron chi connectivity index (χ0n) is 9.41. The predicted molar refractivity (Wildman–Crippen MR) is 60.4 cm³/mol. The number of hydrogen-bond donors (Lipinski definition) is 0. The highest BCUT2D eigenvalue weighted by molar-refractivity contribution is 5.97. The maximum Gasteiger partial charge on any atom is 0.232 e. The molecule has 1 amide bonds. The first kappa shape index (κ1) is 10.7. The van der Waals surface area contributed by atoms with E-state index in [1.54, 1.807) is 17.3 Å². The third-order valence-electron chi connectivity index (χ3n) is 3.30. The van der Waals surface area contributed by atoms with Gasteiger partial charge in [-0.3, -0.25) is 9.78 Å². The molecule has 1 aromatic rings. The molecule has 0 N–H and O–H groups in total. The summed E-state index contributed by atoms with van der Waals surface area (Å²) in [6, 6.07) is 3.74. The molecule has 0 saturated carbocycles. The number of ether oxygens (including phenoxy) is 2. The molecular weight excluding hydrogens is 220 g/mol. The van der Waals surface area contributed by atoms with Gasteiger partial charge in [0.2, 0.25) is 5.91 Å². The summed E-state index contributed by atoms with van der Waals surface area (Å²) >= 11 is 0. The summed E-state index contributed by atoms with van der Waals surface area (Å²) < 4.78 is 10.6. The highest BCUT2D eigenvalue weighted by Gasteiger charge is 2.40. The lowest BCUT2D eigenvalue weighted by Crippen LogP contribution is -2.33. The first-order chi connectivity index (χ1) is 8.36. The Morgan fingerprint density at radius 3 is 3.12 bits per heavy atom. The minimum Gasteiger partial charge on any atom is -0.353 e. The van der Waals surface area contributed by atoms with Gasteiger partial charge in [-0.15, -0.1) is 0 Å². The fourth-order valence-corrected chi connectivity index (χ4v) is 2.40. The van der Waals surface area contributed by atoms with Crippen LogP contribution in [0, 0.1) is 5.92 Å². The van der Waals surface area contributed by atoms with Crippen LogP contribution >= 0.6 is 0 Å². The predicted octanol–water partition coefficient (Wildman–Crippen LogP) is 0.807. The number of anilines is 1. The van der Waals surface area contributed by atoms with Crippen LogP contribution in [0.15, 0.2) is 24.5 Å². The van der Waals surface area contributed by atoms with Crippen LogP contribution < -0.4 is 4.90 Å². The van der Waals surface area contributed by atoms with Crippen LogP contribution in [-0.4, -0.2) is 36.9 Å². The van der Waals surface area contributed by atoms with Crippen molar-refractivity contribution in [1.29, 1.82) is 0 Å². The highest BCUT2D eigenvalue weighted by Crippen LogP contribution is 2.29. The molecule has 0 radical (unpaired) electrons. The minimum atomic E-state index is -0.0795. The van der Waals surface area contributed by atoms with E-state index in [-0.39, 0.29) is 17.9 Å². The summed E-state index contributed by atoms with van der Waals surface area (Å²) in [7, 11) is 0. The molecule has 2 aliphatic rings. The van der Waals surface area contributed by atoms with Crippen molar-refractivity contribution in [2.75, 3.05) is 24.8 Å². The van der Waals surface area contributed by atoms with Gasteiger partial charge in [-0.05, 0) is 18.6 Å². The Morgan fingerprint density at radius 1 is 1.47 bits per heavy atom. The molecule has 5 nitrogen and oxygen atoms in total. The van der Waals surface area contributed by atoms with Crippen molar-refractivity contribution in [3.05, 3.63) is 24.5 Å². The van der Waals surface area contributed by atoms with Crippen molar-refractivity contribution >= 4 is 11.6 Å². The number of rotatable bonds is 2. The molecule has 2 unspecified atom stereocenters. The zero-order valence-corrected chi connectivity index (χ0v) is 9.41. The van der Waals surface area contributed by atoms with Gasteiger partial charge in [-0.2, -0.15) is 0 Å². The van der Waals surface area contributed by atoms with E-state index in [2.05, 4.69) is 4.98 Å². The van der Waals surface area contributed by atoms with Gasteiger partial charge >= 0.3 is 0 Å². The van der Waals surface area contributed by atoms with Crippen molar-refractivity contribution in [1.82, 2.24) is 4.98 Å². The number of carbonyl (C=O) groups excluding carboxylic acids is 1. The second-order valence-electron chi connectivity index (χ2n) is 4.29. The van der Waals surface area contributed by atoms with Crippen LogP contribution in [0.4, 0.5) is 5.69 Å². The fourth-order valence-electron chi connectivity index (χ4n) is 2.40. The molecule has 2 saturated heterocycles. The maximum atomic E-state index is 12.3. The van der Waals surface area contributed by atoms with E-state index in [1.807, 2.05) is 12.1 Å². The number of carbonyl (C=O) groups is 1. The molecule has 1 aromatic heterocycles. The van der Waals surface area contributed by atoms with Gasteiger partial charge in [0.1, 0.15) is 6.79 Å². The average molecular weight is 234 g/mol. The molecule has 2 atom stereocenters. The van der Waals surface area contributed by atoms with E-state index in [4.69, 9.17) is 9.47 Å². The normalized spacial score (nSPS) is 28.9. The Morgan fingerprint density at radius 2 is 2.41 bits per heavy atom. The molecule has 0 bridgehead atoms. The standard InChI is InChI=1S/C12H14N2O3/c15-12-10(11-7-16-8-17-11)3-5-14(12)9-2-1-4-13-6-9/h1-2,4,6,10-11H,3,5,7-8H2. The van der Waals surface area contributed by atoms with Crippen molar-refractivity contribution in [2.45, 2.75) is 12.5 Å². The Hall–Kier alpha value is -1.46. The molecule has 90 valence electrons. The van der Waals surface area contributed by atoms with Crippen molar-refractivity contribution < 1.29 is 14.3 Å². The lowest BCUT2D eigenvalue weighted by atomic mass is 10.0. The van der Waals surface area contributed by atoms with Crippen LogP contribution in [-0.2, 0) is 14.3 Å². The van der Waals surface area contributed by atoms with Gasteiger partial charge in [0.05, 0.1) is 30.5 Å². The molecule has 0 aromatic carbocycles. The first-order valence-corrected chi connectivity index (χ1v) is 5.77. The monoisotopic (exact) mass is 234 g/mol. The molecule has 2 aliphatic heterocycles. The maximum absolute atomic E-state index is 12.3. The molecule has 2 fully saturated rings. The Bertz CT molecular complexity index is 403. The summed E-state index contributed by atoms with van der Waals surface area (Å²) in [5.41, 5.74) is 0.860.